The molecule has 8 nitrogen and oxygen atoms in total. The van der Waals surface area contributed by atoms with E-state index in [9.17, 15) is 22.8 Å². The monoisotopic (exact) mass is 450 g/mol. The van der Waals surface area contributed by atoms with Crippen LogP contribution in [-0.2, 0) is 17.6 Å². The van der Waals surface area contributed by atoms with Gasteiger partial charge in [-0.1, -0.05) is 19.6 Å². The maximum absolute atomic E-state index is 13.8. The average Bonchev–Trinajstić information content (AvgIpc) is 3.05. The fraction of sp³-hybridized carbons (Fsp3) is 0.722. The number of rotatable bonds is 9. The van der Waals surface area contributed by atoms with Gasteiger partial charge in [-0.25, -0.2) is 9.48 Å². The molecular formula is C18H29F3N4O4Si. The zero-order valence-electron chi connectivity index (χ0n) is 17.5. The smallest absolute Gasteiger partial charge is 0.423 e. The predicted octanol–water partition coefficient (Wildman–Crippen LogP) is 3.20. The second-order valence-electron chi connectivity index (χ2n) is 8.57. The van der Waals surface area contributed by atoms with E-state index in [4.69, 9.17) is 9.84 Å². The van der Waals surface area contributed by atoms with E-state index >= 15 is 0 Å². The normalized spacial score (nSPS) is 17.4. The molecule has 2 N–H and O–H groups in total. The number of hydrogen-bond acceptors (Lipinski definition) is 5. The molecule has 1 amide bonds. The van der Waals surface area contributed by atoms with Crippen molar-refractivity contribution < 1.29 is 27.8 Å². The molecule has 30 heavy (non-hydrogen) atoms. The van der Waals surface area contributed by atoms with Crippen LogP contribution in [0, 0.1) is 0 Å². The minimum Gasteiger partial charge on any atom is -0.465 e. The predicted molar refractivity (Wildman–Crippen MR) is 109 cm³/mol. The molecule has 0 unspecified atom stereocenters. The van der Waals surface area contributed by atoms with Crippen LogP contribution >= 0.6 is 0 Å². The Balaban J connectivity index is 2.22. The Hall–Kier alpha value is -2.08. The first-order chi connectivity index (χ1) is 13.9. The fourth-order valence-electron chi connectivity index (χ4n) is 3.38. The zero-order chi connectivity index (χ0) is 22.5. The number of amides is 1. The summed E-state index contributed by atoms with van der Waals surface area (Å²) in [6.07, 6.45) is -3.36. The number of halogens is 3. The number of carboxylic acid groups (broad SMARTS) is 1. The molecule has 1 aromatic heterocycles. The van der Waals surface area contributed by atoms with Gasteiger partial charge in [-0.3, -0.25) is 4.79 Å². The summed E-state index contributed by atoms with van der Waals surface area (Å²) in [6, 6.07) is 0.522. The van der Waals surface area contributed by atoms with Crippen LogP contribution in [-0.4, -0.2) is 54.8 Å². The summed E-state index contributed by atoms with van der Waals surface area (Å²) in [7, 11) is -1.36. The van der Waals surface area contributed by atoms with Crippen LogP contribution in [0.15, 0.2) is 11.0 Å². The van der Waals surface area contributed by atoms with Crippen molar-refractivity contribution in [2.75, 3.05) is 24.6 Å². The van der Waals surface area contributed by atoms with E-state index in [0.717, 1.165) is 12.2 Å². The highest BCUT2D eigenvalue weighted by molar-refractivity contribution is 6.76. The highest BCUT2D eigenvalue weighted by atomic mass is 28.3. The zero-order valence-corrected chi connectivity index (χ0v) is 18.5. The molecule has 0 spiro atoms. The molecule has 2 rings (SSSR count). The summed E-state index contributed by atoms with van der Waals surface area (Å²) < 4.78 is 47.4. The molecule has 1 aliphatic heterocycles. The van der Waals surface area contributed by atoms with E-state index in [1.54, 1.807) is 0 Å². The number of nitrogens with one attached hydrogen (secondary N) is 1. The maximum Gasteiger partial charge on any atom is 0.423 e. The van der Waals surface area contributed by atoms with Gasteiger partial charge < -0.3 is 20.1 Å². The third-order valence-corrected chi connectivity index (χ3v) is 6.66. The lowest BCUT2D eigenvalue weighted by Crippen LogP contribution is -2.39. The second kappa shape index (κ2) is 9.82. The first-order valence-corrected chi connectivity index (χ1v) is 13.6. The lowest BCUT2D eigenvalue weighted by molar-refractivity contribution is -0.138. The lowest BCUT2D eigenvalue weighted by atomic mass is 10.1. The molecular weight excluding hydrogens is 421 g/mol. The van der Waals surface area contributed by atoms with Gasteiger partial charge >= 0.3 is 12.3 Å². The van der Waals surface area contributed by atoms with E-state index in [-0.39, 0.29) is 25.0 Å². The molecule has 2 heterocycles. The van der Waals surface area contributed by atoms with Crippen LogP contribution in [0.1, 0.15) is 24.8 Å². The van der Waals surface area contributed by atoms with Gasteiger partial charge in [-0.05, 0) is 25.3 Å². The average molecular weight is 451 g/mol. The van der Waals surface area contributed by atoms with Crippen molar-refractivity contribution in [1.29, 1.82) is 0 Å². The van der Waals surface area contributed by atoms with Crippen LogP contribution in [0.25, 0.3) is 0 Å². The molecule has 1 fully saturated rings. The second-order valence-corrected chi connectivity index (χ2v) is 14.2. The first-order valence-electron chi connectivity index (χ1n) is 9.88. The molecule has 0 aromatic carbocycles. The van der Waals surface area contributed by atoms with Crippen molar-refractivity contribution in [3.8, 4) is 0 Å². The number of ether oxygens (including phenoxy) is 1. The standard InChI is InChI=1S/C18H29F3N4O4Si/c1-30(2,3)10-9-29-12-25-16(26)15(18(19,20)21)14(11-23-25)24-8-4-5-13(24)6-7-22-17(27)28/h11,13,22H,4-10,12H2,1-3H3,(H,27,28)/t13-/m0/s1. The Morgan fingerprint density at radius 3 is 2.70 bits per heavy atom. The molecule has 12 heteroatoms. The van der Waals surface area contributed by atoms with Gasteiger partial charge in [0.15, 0.2) is 0 Å². The van der Waals surface area contributed by atoms with Crippen LogP contribution in [0.3, 0.4) is 0 Å². The van der Waals surface area contributed by atoms with Crippen LogP contribution in [0.4, 0.5) is 23.7 Å². The van der Waals surface area contributed by atoms with Gasteiger partial charge in [0.05, 0.1) is 11.9 Å². The Bertz CT molecular complexity index is 795. The third kappa shape index (κ3) is 6.72. The van der Waals surface area contributed by atoms with Gasteiger partial charge in [0, 0.05) is 33.8 Å². The quantitative estimate of drug-likeness (QED) is 0.443. The van der Waals surface area contributed by atoms with Gasteiger partial charge in [-0.15, -0.1) is 0 Å². The van der Waals surface area contributed by atoms with Crippen LogP contribution in [0.2, 0.25) is 25.7 Å². The number of hydrogen-bond donors (Lipinski definition) is 2. The van der Waals surface area contributed by atoms with Gasteiger partial charge in [0.1, 0.15) is 12.3 Å². The van der Waals surface area contributed by atoms with Gasteiger partial charge in [0.25, 0.3) is 5.56 Å². The number of carbonyl (C=O) groups is 1. The van der Waals surface area contributed by atoms with Crippen molar-refractivity contribution in [1.82, 2.24) is 15.1 Å². The molecule has 0 radical (unpaired) electrons. The van der Waals surface area contributed by atoms with Crippen LogP contribution in [0.5, 0.6) is 0 Å². The van der Waals surface area contributed by atoms with Crippen molar-refractivity contribution in [2.24, 2.45) is 0 Å². The molecule has 0 aliphatic carbocycles. The Kier molecular flexibility index (Phi) is 7.91. The fourth-order valence-corrected chi connectivity index (χ4v) is 4.14. The lowest BCUT2D eigenvalue weighted by Gasteiger charge is -2.29. The number of alkyl halides is 3. The minimum atomic E-state index is -4.85. The van der Waals surface area contributed by atoms with Crippen molar-refractivity contribution in [2.45, 2.75) is 63.9 Å². The summed E-state index contributed by atoms with van der Waals surface area (Å²) in [5.74, 6) is 0. The summed E-state index contributed by atoms with van der Waals surface area (Å²) in [6.45, 7) is 6.93. The van der Waals surface area contributed by atoms with E-state index in [2.05, 4.69) is 30.1 Å². The number of anilines is 1. The number of nitrogens with zero attached hydrogens (tertiary/aromatic N) is 3. The van der Waals surface area contributed by atoms with Crippen molar-refractivity contribution in [3.63, 3.8) is 0 Å². The summed E-state index contributed by atoms with van der Waals surface area (Å²) in [5, 5.41) is 14.8. The Morgan fingerprint density at radius 1 is 1.40 bits per heavy atom. The van der Waals surface area contributed by atoms with E-state index in [1.807, 2.05) is 0 Å². The minimum absolute atomic E-state index is 0.118. The summed E-state index contributed by atoms with van der Waals surface area (Å²) in [4.78, 5) is 24.7. The topological polar surface area (TPSA) is 96.7 Å². The van der Waals surface area contributed by atoms with Crippen LogP contribution < -0.4 is 15.8 Å². The van der Waals surface area contributed by atoms with E-state index < -0.39 is 31.5 Å². The largest absolute Gasteiger partial charge is 0.465 e. The van der Waals surface area contributed by atoms with Crippen molar-refractivity contribution in [3.05, 3.63) is 22.1 Å². The first kappa shape index (κ1) is 24.2. The Morgan fingerprint density at radius 2 is 2.10 bits per heavy atom. The maximum atomic E-state index is 13.8. The van der Waals surface area contributed by atoms with Gasteiger partial charge in [0.2, 0.25) is 0 Å². The molecule has 1 atom stereocenters. The number of aromatic nitrogens is 2. The molecule has 0 bridgehead atoms. The van der Waals surface area contributed by atoms with Gasteiger partial charge in [-0.2, -0.15) is 18.3 Å². The highest BCUT2D eigenvalue weighted by Gasteiger charge is 2.41. The molecule has 170 valence electrons. The molecule has 1 aromatic rings. The summed E-state index contributed by atoms with van der Waals surface area (Å²) in [5.41, 5.74) is -2.75. The molecule has 1 saturated heterocycles. The Labute approximate surface area is 174 Å². The molecule has 1 aliphatic rings. The SMILES string of the molecule is C[Si](C)(C)CCOCn1ncc(N2CCC[C@H]2CCNC(=O)O)c(C(F)(F)F)c1=O. The highest BCUT2D eigenvalue weighted by Crippen LogP contribution is 2.37. The molecule has 0 saturated carbocycles. The van der Waals surface area contributed by atoms with Crippen molar-refractivity contribution >= 4 is 19.9 Å². The van der Waals surface area contributed by atoms with E-state index in [0.29, 0.717) is 37.1 Å². The van der Waals surface area contributed by atoms with E-state index in [1.165, 1.54) is 4.90 Å². The third-order valence-electron chi connectivity index (χ3n) is 4.96. The summed E-state index contributed by atoms with van der Waals surface area (Å²) >= 11 is 0.